The van der Waals surface area contributed by atoms with Crippen LogP contribution in [0.3, 0.4) is 0 Å². The summed E-state index contributed by atoms with van der Waals surface area (Å²) in [6.07, 6.45) is 7.41. The minimum absolute atomic E-state index is 0. The number of unbranched alkanes of at least 4 members (excludes halogenated alkanes) is 2. The van der Waals surface area contributed by atoms with Gasteiger partial charge in [0.15, 0.2) is 0 Å². The molecule has 0 aromatic rings. The predicted molar refractivity (Wildman–Crippen MR) is 90.6 cm³/mol. The molecule has 20 heavy (non-hydrogen) atoms. The molecule has 0 aromatic heterocycles. The van der Waals surface area contributed by atoms with E-state index in [4.69, 9.17) is 10.2 Å². The maximum Gasteiger partial charge on any atom is 0.0752 e. The zero-order chi connectivity index (χ0) is 15.1. The van der Waals surface area contributed by atoms with Crippen molar-refractivity contribution >= 4 is 0 Å². The van der Waals surface area contributed by atoms with E-state index in [0.29, 0.717) is 0 Å². The fourth-order valence-electron chi connectivity index (χ4n) is 1.45. The lowest BCUT2D eigenvalue weighted by molar-refractivity contribution is 0.156. The Morgan fingerprint density at radius 1 is 1.20 bits per heavy atom. The van der Waals surface area contributed by atoms with E-state index in [1.165, 1.54) is 19.3 Å². The average molecular weight is 284 g/mol. The van der Waals surface area contributed by atoms with Crippen molar-refractivity contribution in [1.82, 2.24) is 0 Å². The van der Waals surface area contributed by atoms with Gasteiger partial charge in [0.2, 0.25) is 0 Å². The van der Waals surface area contributed by atoms with Crippen LogP contribution in [0.4, 0.5) is 0 Å². The van der Waals surface area contributed by atoms with Crippen LogP contribution in [0.5, 0.6) is 0 Å². The number of hydrogen-bond acceptors (Lipinski definition) is 2. The first kappa shape index (κ1) is 24.3. The average Bonchev–Trinajstić information content (AvgIpc) is 2.44. The van der Waals surface area contributed by atoms with Crippen LogP contribution >= 0.6 is 0 Å². The van der Waals surface area contributed by atoms with Crippen LogP contribution in [0.25, 0.3) is 0 Å². The van der Waals surface area contributed by atoms with Crippen molar-refractivity contribution in [2.24, 2.45) is 5.92 Å². The van der Waals surface area contributed by atoms with Crippen molar-refractivity contribution in [3.8, 4) is 11.8 Å². The van der Waals surface area contributed by atoms with E-state index < -0.39 is 6.10 Å². The van der Waals surface area contributed by atoms with Gasteiger partial charge in [0.05, 0.1) is 12.2 Å². The van der Waals surface area contributed by atoms with Gasteiger partial charge < -0.3 is 10.2 Å². The highest BCUT2D eigenvalue weighted by Gasteiger charge is 2.07. The van der Waals surface area contributed by atoms with E-state index in [2.05, 4.69) is 25.3 Å². The van der Waals surface area contributed by atoms with Crippen LogP contribution in [0, 0.1) is 17.8 Å². The molecule has 0 bridgehead atoms. The largest absolute Gasteiger partial charge is 0.393 e. The van der Waals surface area contributed by atoms with Gasteiger partial charge in [-0.1, -0.05) is 53.5 Å². The smallest absolute Gasteiger partial charge is 0.0752 e. The third kappa shape index (κ3) is 17.2. The second-order valence-electron chi connectivity index (χ2n) is 4.89. The number of aliphatic hydroxyl groups is 2. The van der Waals surface area contributed by atoms with Gasteiger partial charge in [-0.05, 0) is 25.7 Å². The summed E-state index contributed by atoms with van der Waals surface area (Å²) in [6.45, 7) is 11.4. The van der Waals surface area contributed by atoms with Crippen LogP contribution in [0.15, 0.2) is 12.7 Å². The molecule has 2 N–H and O–H groups in total. The first-order chi connectivity index (χ1) is 9.03. The summed E-state index contributed by atoms with van der Waals surface area (Å²) < 4.78 is 0. The van der Waals surface area contributed by atoms with Gasteiger partial charge in [0.1, 0.15) is 0 Å². The SMILES string of the molecule is C.C=C[C@@H](O)[C@@H](C)CC#CC.CCCCC[C@H](O)CC. The maximum atomic E-state index is 9.17. The standard InChI is InChI=1S/C9H14O.C8H18O.CH4/c1-4-6-7-8(3)9(10)5-2;1-3-5-6-7-8(9)4-2;/h5,8-10H,2,7H2,1,3H3;8-9H,3-7H2,1-2H3;1H4/t8-,9+;8-;/m01./s1. The Bertz CT molecular complexity index is 250. The van der Waals surface area contributed by atoms with E-state index in [9.17, 15) is 0 Å². The van der Waals surface area contributed by atoms with E-state index in [0.717, 1.165) is 19.3 Å². The Morgan fingerprint density at radius 2 is 1.80 bits per heavy atom. The van der Waals surface area contributed by atoms with Gasteiger partial charge in [-0.25, -0.2) is 0 Å². The molecule has 0 heterocycles. The highest BCUT2D eigenvalue weighted by atomic mass is 16.3. The summed E-state index contributed by atoms with van der Waals surface area (Å²) in [7, 11) is 0. The molecule has 0 aliphatic heterocycles. The Kier molecular flexibility index (Phi) is 22.1. The molecular weight excluding hydrogens is 248 g/mol. The van der Waals surface area contributed by atoms with Crippen molar-refractivity contribution in [2.45, 2.75) is 85.9 Å². The van der Waals surface area contributed by atoms with Crippen LogP contribution < -0.4 is 0 Å². The molecule has 0 aliphatic carbocycles. The normalized spacial score (nSPS) is 13.5. The lowest BCUT2D eigenvalue weighted by Crippen LogP contribution is -2.13. The highest BCUT2D eigenvalue weighted by molar-refractivity contribution is 4.98. The minimum Gasteiger partial charge on any atom is -0.393 e. The molecule has 0 aliphatic rings. The first-order valence-electron chi connectivity index (χ1n) is 7.41. The van der Waals surface area contributed by atoms with Gasteiger partial charge in [-0.3, -0.25) is 0 Å². The van der Waals surface area contributed by atoms with Crippen molar-refractivity contribution in [3.63, 3.8) is 0 Å². The van der Waals surface area contributed by atoms with Crippen molar-refractivity contribution in [2.75, 3.05) is 0 Å². The zero-order valence-electron chi connectivity index (χ0n) is 13.2. The summed E-state index contributed by atoms with van der Waals surface area (Å²) in [6, 6.07) is 0. The van der Waals surface area contributed by atoms with E-state index in [1.807, 2.05) is 13.8 Å². The van der Waals surface area contributed by atoms with E-state index >= 15 is 0 Å². The molecule has 0 rings (SSSR count). The maximum absolute atomic E-state index is 9.17. The monoisotopic (exact) mass is 284 g/mol. The minimum atomic E-state index is -0.416. The molecule has 0 unspecified atom stereocenters. The third-order valence-corrected chi connectivity index (χ3v) is 3.04. The van der Waals surface area contributed by atoms with Gasteiger partial charge in [-0.15, -0.1) is 18.4 Å². The summed E-state index contributed by atoms with van der Waals surface area (Å²) in [5.74, 6) is 5.89. The lowest BCUT2D eigenvalue weighted by atomic mass is 10.0. The van der Waals surface area contributed by atoms with Crippen molar-refractivity contribution in [1.29, 1.82) is 0 Å². The molecule has 0 aromatic carbocycles. The number of hydrogen-bond donors (Lipinski definition) is 2. The molecule has 2 nitrogen and oxygen atoms in total. The summed E-state index contributed by atoms with van der Waals surface area (Å²) in [4.78, 5) is 0. The van der Waals surface area contributed by atoms with E-state index in [-0.39, 0.29) is 19.4 Å². The fraction of sp³-hybridized carbons (Fsp3) is 0.778. The quantitative estimate of drug-likeness (QED) is 0.390. The molecule has 120 valence electrons. The first-order valence-corrected chi connectivity index (χ1v) is 7.41. The lowest BCUT2D eigenvalue weighted by Gasteiger charge is -2.10. The molecule has 0 spiro atoms. The molecule has 3 atom stereocenters. The molecule has 0 saturated heterocycles. The topological polar surface area (TPSA) is 40.5 Å². The molecule has 0 fully saturated rings. The Hall–Kier alpha value is -0.780. The van der Waals surface area contributed by atoms with E-state index in [1.54, 1.807) is 13.0 Å². The van der Waals surface area contributed by atoms with Crippen LogP contribution in [-0.2, 0) is 0 Å². The van der Waals surface area contributed by atoms with Gasteiger partial charge >= 0.3 is 0 Å². The predicted octanol–water partition coefficient (Wildman–Crippen LogP) is 4.56. The zero-order valence-corrected chi connectivity index (χ0v) is 13.2. The fourth-order valence-corrected chi connectivity index (χ4v) is 1.45. The number of aliphatic hydroxyl groups excluding tert-OH is 2. The third-order valence-electron chi connectivity index (χ3n) is 3.04. The molecule has 2 heteroatoms. The summed E-state index contributed by atoms with van der Waals surface area (Å²) in [5, 5.41) is 18.3. The molecule has 0 saturated carbocycles. The van der Waals surface area contributed by atoms with Crippen LogP contribution in [0.1, 0.15) is 73.6 Å². The molecule has 0 amide bonds. The highest BCUT2D eigenvalue weighted by Crippen LogP contribution is 2.07. The molecular formula is C18H36O2. The van der Waals surface area contributed by atoms with Crippen LogP contribution in [-0.4, -0.2) is 22.4 Å². The van der Waals surface area contributed by atoms with Gasteiger partial charge in [0, 0.05) is 6.42 Å². The van der Waals surface area contributed by atoms with Gasteiger partial charge in [-0.2, -0.15) is 0 Å². The number of rotatable bonds is 8. The Morgan fingerprint density at radius 3 is 2.20 bits per heavy atom. The van der Waals surface area contributed by atoms with Crippen LogP contribution in [0.2, 0.25) is 0 Å². The second kappa shape index (κ2) is 18.2. The van der Waals surface area contributed by atoms with Crippen molar-refractivity contribution in [3.05, 3.63) is 12.7 Å². The Labute approximate surface area is 127 Å². The summed E-state index contributed by atoms with van der Waals surface area (Å²) >= 11 is 0. The van der Waals surface area contributed by atoms with Gasteiger partial charge in [0.25, 0.3) is 0 Å². The summed E-state index contributed by atoms with van der Waals surface area (Å²) in [5.41, 5.74) is 0. The second-order valence-corrected chi connectivity index (χ2v) is 4.89. The Balaban J connectivity index is -0.000000277. The van der Waals surface area contributed by atoms with Crippen molar-refractivity contribution < 1.29 is 10.2 Å². The molecule has 0 radical (unpaired) electrons.